The average Bonchev–Trinajstić information content (AvgIpc) is 2.86. The maximum Gasteiger partial charge on any atom is 0.416 e. The fourth-order valence-corrected chi connectivity index (χ4v) is 2.09. The molecular formula is C13H14F3NO2. The number of hydrogen-bond acceptors (Lipinski definition) is 2. The number of ether oxygens (including phenoxy) is 1. The smallest absolute Gasteiger partial charge is 0.380 e. The van der Waals surface area contributed by atoms with Crippen molar-refractivity contribution in [2.45, 2.75) is 18.7 Å². The topological polar surface area (TPSA) is 29.5 Å². The number of rotatable bonds is 2. The largest absolute Gasteiger partial charge is 0.416 e. The second kappa shape index (κ2) is 5.21. The molecule has 1 saturated heterocycles. The van der Waals surface area contributed by atoms with E-state index in [2.05, 4.69) is 0 Å². The number of halogens is 3. The van der Waals surface area contributed by atoms with E-state index < -0.39 is 11.7 Å². The lowest BCUT2D eigenvalue weighted by Crippen LogP contribution is -2.29. The number of hydrogen-bond donors (Lipinski definition) is 0. The first-order valence-electron chi connectivity index (χ1n) is 5.91. The second-order valence-electron chi connectivity index (χ2n) is 4.47. The maximum absolute atomic E-state index is 12.4. The summed E-state index contributed by atoms with van der Waals surface area (Å²) in [5, 5.41) is 0. The molecule has 104 valence electrons. The summed E-state index contributed by atoms with van der Waals surface area (Å²) in [5.74, 6) is -0.256. The van der Waals surface area contributed by atoms with Gasteiger partial charge in [-0.05, 0) is 30.7 Å². The zero-order valence-electron chi connectivity index (χ0n) is 10.4. The quantitative estimate of drug-likeness (QED) is 0.828. The third-order valence-corrected chi connectivity index (χ3v) is 3.22. The number of amides is 1. The van der Waals surface area contributed by atoms with Crippen molar-refractivity contribution < 1.29 is 22.7 Å². The number of carbonyl (C=O) groups is 1. The molecule has 0 aliphatic carbocycles. The number of carbonyl (C=O) groups excluding carboxylic acids is 1. The van der Waals surface area contributed by atoms with E-state index in [1.165, 1.54) is 12.1 Å². The highest BCUT2D eigenvalue weighted by Gasteiger charge is 2.31. The first-order valence-corrected chi connectivity index (χ1v) is 5.91. The number of nitrogens with zero attached hydrogens (tertiary/aromatic N) is 1. The lowest BCUT2D eigenvalue weighted by molar-refractivity contribution is -0.137. The van der Waals surface area contributed by atoms with Crippen LogP contribution in [-0.2, 0) is 10.9 Å². The maximum atomic E-state index is 12.4. The van der Waals surface area contributed by atoms with Crippen LogP contribution < -0.4 is 0 Å². The third-order valence-electron chi connectivity index (χ3n) is 3.22. The van der Waals surface area contributed by atoms with Crippen molar-refractivity contribution in [3.05, 3.63) is 35.4 Å². The first-order chi connectivity index (χ1) is 8.91. The minimum atomic E-state index is -4.38. The van der Waals surface area contributed by atoms with E-state index in [-0.39, 0.29) is 17.6 Å². The van der Waals surface area contributed by atoms with Crippen molar-refractivity contribution in [3.63, 3.8) is 0 Å². The highest BCUT2D eigenvalue weighted by molar-refractivity contribution is 5.94. The molecule has 19 heavy (non-hydrogen) atoms. The van der Waals surface area contributed by atoms with Crippen molar-refractivity contribution in [2.24, 2.45) is 0 Å². The molecule has 0 aromatic heterocycles. The fourth-order valence-electron chi connectivity index (χ4n) is 2.09. The normalized spacial score (nSPS) is 19.8. The van der Waals surface area contributed by atoms with E-state index in [1.807, 2.05) is 0 Å². The van der Waals surface area contributed by atoms with Crippen LogP contribution in [0.3, 0.4) is 0 Å². The molecule has 1 fully saturated rings. The van der Waals surface area contributed by atoms with Crippen LogP contribution in [0.2, 0.25) is 0 Å². The van der Waals surface area contributed by atoms with Crippen LogP contribution >= 0.6 is 0 Å². The van der Waals surface area contributed by atoms with E-state index in [9.17, 15) is 18.0 Å². The summed E-state index contributed by atoms with van der Waals surface area (Å²) >= 11 is 0. The van der Waals surface area contributed by atoms with Crippen LogP contribution in [0, 0.1) is 0 Å². The standard InChI is InChI=1S/C13H14F3NO2/c1-19-11-6-7-17(8-11)12(18)9-2-4-10(5-3-9)13(14,15)16/h2-5,11H,6-8H2,1H3. The molecule has 0 radical (unpaired) electrons. The third kappa shape index (κ3) is 3.07. The number of likely N-dealkylation sites (tertiary alicyclic amines) is 1. The first kappa shape index (κ1) is 13.9. The molecule has 3 nitrogen and oxygen atoms in total. The molecule has 1 aromatic rings. The van der Waals surface area contributed by atoms with E-state index in [0.29, 0.717) is 13.1 Å². The molecule has 1 unspecified atom stereocenters. The summed E-state index contributed by atoms with van der Waals surface area (Å²) in [6.45, 7) is 1.05. The van der Waals surface area contributed by atoms with Gasteiger partial charge in [0.15, 0.2) is 0 Å². The minimum absolute atomic E-state index is 0.0124. The SMILES string of the molecule is COC1CCN(C(=O)c2ccc(C(F)(F)F)cc2)C1. The summed E-state index contributed by atoms with van der Waals surface area (Å²) in [6.07, 6.45) is -3.61. The summed E-state index contributed by atoms with van der Waals surface area (Å²) in [4.78, 5) is 13.7. The number of benzene rings is 1. The van der Waals surface area contributed by atoms with Crippen molar-refractivity contribution >= 4 is 5.91 Å². The molecule has 1 atom stereocenters. The average molecular weight is 273 g/mol. The molecule has 0 saturated carbocycles. The molecular weight excluding hydrogens is 259 g/mol. The second-order valence-corrected chi connectivity index (χ2v) is 4.47. The zero-order valence-corrected chi connectivity index (χ0v) is 10.4. The van der Waals surface area contributed by atoms with Gasteiger partial charge in [0.1, 0.15) is 0 Å². The molecule has 2 rings (SSSR count). The van der Waals surface area contributed by atoms with E-state index >= 15 is 0 Å². The monoisotopic (exact) mass is 273 g/mol. The van der Waals surface area contributed by atoms with Gasteiger partial charge in [0.05, 0.1) is 11.7 Å². The van der Waals surface area contributed by atoms with E-state index in [1.54, 1.807) is 12.0 Å². The molecule has 1 heterocycles. The van der Waals surface area contributed by atoms with Gasteiger partial charge in [-0.15, -0.1) is 0 Å². The predicted molar refractivity (Wildman–Crippen MR) is 62.8 cm³/mol. The van der Waals surface area contributed by atoms with Crippen molar-refractivity contribution in [2.75, 3.05) is 20.2 Å². The summed E-state index contributed by atoms with van der Waals surface area (Å²) in [5.41, 5.74) is -0.481. The molecule has 1 aliphatic rings. The van der Waals surface area contributed by atoms with E-state index in [4.69, 9.17) is 4.74 Å². The molecule has 1 aliphatic heterocycles. The molecule has 0 spiro atoms. The van der Waals surface area contributed by atoms with Gasteiger partial charge in [0, 0.05) is 25.8 Å². The number of methoxy groups -OCH3 is 1. The molecule has 6 heteroatoms. The minimum Gasteiger partial charge on any atom is -0.380 e. The van der Waals surface area contributed by atoms with Crippen molar-refractivity contribution in [1.82, 2.24) is 4.90 Å². The lowest BCUT2D eigenvalue weighted by Gasteiger charge is -2.16. The van der Waals surface area contributed by atoms with Crippen LogP contribution in [0.25, 0.3) is 0 Å². The Labute approximate surface area is 109 Å². The van der Waals surface area contributed by atoms with Crippen LogP contribution in [0.4, 0.5) is 13.2 Å². The summed E-state index contributed by atoms with van der Waals surface area (Å²) < 4.78 is 42.4. The highest BCUT2D eigenvalue weighted by atomic mass is 19.4. The van der Waals surface area contributed by atoms with Gasteiger partial charge in [-0.2, -0.15) is 13.2 Å². The van der Waals surface area contributed by atoms with Gasteiger partial charge < -0.3 is 9.64 Å². The Bertz CT molecular complexity index is 456. The van der Waals surface area contributed by atoms with Gasteiger partial charge in [-0.1, -0.05) is 0 Å². The molecule has 0 N–H and O–H groups in total. The van der Waals surface area contributed by atoms with Gasteiger partial charge in [-0.3, -0.25) is 4.79 Å². The fraction of sp³-hybridized carbons (Fsp3) is 0.462. The van der Waals surface area contributed by atoms with Gasteiger partial charge >= 0.3 is 6.18 Å². The van der Waals surface area contributed by atoms with Gasteiger partial charge in [0.2, 0.25) is 0 Å². The predicted octanol–water partition coefficient (Wildman–Crippen LogP) is 2.57. The zero-order chi connectivity index (χ0) is 14.0. The van der Waals surface area contributed by atoms with Gasteiger partial charge in [-0.25, -0.2) is 0 Å². The Hall–Kier alpha value is -1.56. The van der Waals surface area contributed by atoms with Crippen LogP contribution in [-0.4, -0.2) is 37.1 Å². The van der Waals surface area contributed by atoms with Crippen molar-refractivity contribution in [3.8, 4) is 0 Å². The molecule has 1 aromatic carbocycles. The number of alkyl halides is 3. The molecule has 1 amide bonds. The Balaban J connectivity index is 2.08. The van der Waals surface area contributed by atoms with Crippen LogP contribution in [0.1, 0.15) is 22.3 Å². The Morgan fingerprint density at radius 3 is 2.42 bits per heavy atom. The highest BCUT2D eigenvalue weighted by Crippen LogP contribution is 2.29. The Morgan fingerprint density at radius 2 is 1.95 bits per heavy atom. The Kier molecular flexibility index (Phi) is 3.80. The summed E-state index contributed by atoms with van der Waals surface area (Å²) in [7, 11) is 1.58. The molecule has 0 bridgehead atoms. The van der Waals surface area contributed by atoms with E-state index in [0.717, 1.165) is 18.6 Å². The summed E-state index contributed by atoms with van der Waals surface area (Å²) in [6, 6.07) is 4.28. The Morgan fingerprint density at radius 1 is 1.32 bits per heavy atom. The lowest BCUT2D eigenvalue weighted by atomic mass is 10.1. The van der Waals surface area contributed by atoms with Crippen LogP contribution in [0.5, 0.6) is 0 Å². The van der Waals surface area contributed by atoms with Gasteiger partial charge in [0.25, 0.3) is 5.91 Å². The van der Waals surface area contributed by atoms with Crippen molar-refractivity contribution in [1.29, 1.82) is 0 Å². The van der Waals surface area contributed by atoms with Crippen LogP contribution in [0.15, 0.2) is 24.3 Å².